The van der Waals surface area contributed by atoms with Crippen molar-refractivity contribution in [3.63, 3.8) is 0 Å². The molecule has 7 heteroatoms. The zero-order chi connectivity index (χ0) is 8.97. The van der Waals surface area contributed by atoms with Gasteiger partial charge in [0.1, 0.15) is 5.71 Å². The van der Waals surface area contributed by atoms with Crippen LogP contribution in [-0.4, -0.2) is 37.4 Å². The summed E-state index contributed by atoms with van der Waals surface area (Å²) in [5.74, 6) is -1.06. The second-order valence-electron chi connectivity index (χ2n) is 1.82. The lowest BCUT2D eigenvalue weighted by molar-refractivity contribution is -0.129. The minimum atomic E-state index is -1.30. The van der Waals surface area contributed by atoms with Crippen molar-refractivity contribution in [2.24, 2.45) is 0 Å². The Balaban J connectivity index is 2.63. The predicted octanol–water partition coefficient (Wildman–Crippen LogP) is -0.683. The standard InChI is InChI=1S/C5H5N5O2/c6-3(5(11)12)1-2-4-7-9-10-8-4/h1-2,6H,(H,11,12)(H,7,8,9,10)/b2-1-,6-3?. The molecule has 0 fully saturated rings. The zero-order valence-corrected chi connectivity index (χ0v) is 5.85. The van der Waals surface area contributed by atoms with E-state index in [9.17, 15) is 4.79 Å². The second-order valence-corrected chi connectivity index (χ2v) is 1.82. The van der Waals surface area contributed by atoms with E-state index in [1.165, 1.54) is 6.08 Å². The summed E-state index contributed by atoms with van der Waals surface area (Å²) in [7, 11) is 0. The van der Waals surface area contributed by atoms with Gasteiger partial charge in [-0.25, -0.2) is 4.79 Å². The summed E-state index contributed by atoms with van der Waals surface area (Å²) in [6.07, 6.45) is 2.35. The number of nitrogens with zero attached hydrogens (tertiary/aromatic N) is 3. The Kier molecular flexibility index (Phi) is 2.26. The van der Waals surface area contributed by atoms with E-state index in [1.807, 2.05) is 0 Å². The highest BCUT2D eigenvalue weighted by atomic mass is 16.4. The van der Waals surface area contributed by atoms with Crippen molar-refractivity contribution in [3.8, 4) is 0 Å². The number of carboxylic acids is 1. The summed E-state index contributed by atoms with van der Waals surface area (Å²) >= 11 is 0. The molecule has 0 atom stereocenters. The number of carbonyl (C=O) groups is 1. The first-order valence-corrected chi connectivity index (χ1v) is 2.93. The summed E-state index contributed by atoms with van der Waals surface area (Å²) < 4.78 is 0. The Morgan fingerprint density at radius 3 is 2.92 bits per heavy atom. The lowest BCUT2D eigenvalue weighted by Gasteiger charge is -1.84. The van der Waals surface area contributed by atoms with Gasteiger partial charge in [0.25, 0.3) is 0 Å². The maximum Gasteiger partial charge on any atom is 0.353 e. The largest absolute Gasteiger partial charge is 0.477 e. The van der Waals surface area contributed by atoms with Gasteiger partial charge in [0.15, 0.2) is 5.82 Å². The van der Waals surface area contributed by atoms with Gasteiger partial charge in [0.2, 0.25) is 0 Å². The predicted molar refractivity (Wildman–Crippen MR) is 38.6 cm³/mol. The third kappa shape index (κ3) is 1.97. The van der Waals surface area contributed by atoms with Gasteiger partial charge in [0.05, 0.1) is 0 Å². The summed E-state index contributed by atoms with van der Waals surface area (Å²) in [6.45, 7) is 0. The van der Waals surface area contributed by atoms with Crippen LogP contribution in [0.2, 0.25) is 0 Å². The fourth-order valence-corrected chi connectivity index (χ4v) is 0.469. The molecule has 1 heterocycles. The molecule has 0 aliphatic rings. The summed E-state index contributed by atoms with van der Waals surface area (Å²) in [6, 6.07) is 0. The van der Waals surface area contributed by atoms with Gasteiger partial charge in [-0.05, 0) is 17.4 Å². The second kappa shape index (κ2) is 3.37. The molecule has 0 aliphatic carbocycles. The average molecular weight is 167 g/mol. The molecule has 0 spiro atoms. The molecule has 0 radical (unpaired) electrons. The van der Waals surface area contributed by atoms with Crippen LogP contribution >= 0.6 is 0 Å². The first kappa shape index (κ1) is 8.05. The summed E-state index contributed by atoms with van der Waals surface area (Å²) in [4.78, 5) is 10.1. The Hall–Kier alpha value is -2.05. The Morgan fingerprint density at radius 1 is 1.67 bits per heavy atom. The third-order valence-electron chi connectivity index (χ3n) is 0.991. The van der Waals surface area contributed by atoms with Gasteiger partial charge in [-0.1, -0.05) is 0 Å². The van der Waals surface area contributed by atoms with Gasteiger partial charge >= 0.3 is 5.97 Å². The summed E-state index contributed by atoms with van der Waals surface area (Å²) in [5, 5.41) is 27.6. The fourth-order valence-electron chi connectivity index (χ4n) is 0.469. The normalized spacial score (nSPS) is 10.3. The van der Waals surface area contributed by atoms with Crippen molar-refractivity contribution in [2.75, 3.05) is 0 Å². The van der Waals surface area contributed by atoms with E-state index in [2.05, 4.69) is 20.6 Å². The maximum atomic E-state index is 10.1. The van der Waals surface area contributed by atoms with Crippen molar-refractivity contribution in [1.29, 1.82) is 5.41 Å². The molecule has 0 bridgehead atoms. The minimum absolute atomic E-state index is 0.237. The van der Waals surface area contributed by atoms with Crippen molar-refractivity contribution in [1.82, 2.24) is 20.6 Å². The highest BCUT2D eigenvalue weighted by Crippen LogP contribution is 1.88. The first-order chi connectivity index (χ1) is 5.70. The van der Waals surface area contributed by atoms with Crippen LogP contribution in [0.3, 0.4) is 0 Å². The number of aromatic amines is 1. The van der Waals surface area contributed by atoms with Crippen molar-refractivity contribution >= 4 is 17.8 Å². The molecule has 1 rings (SSSR count). The molecule has 3 N–H and O–H groups in total. The molecule has 0 unspecified atom stereocenters. The smallest absolute Gasteiger partial charge is 0.353 e. The quantitative estimate of drug-likeness (QED) is 0.515. The number of hydrogen-bond acceptors (Lipinski definition) is 5. The van der Waals surface area contributed by atoms with Crippen molar-refractivity contribution in [2.45, 2.75) is 0 Å². The highest BCUT2D eigenvalue weighted by molar-refractivity contribution is 6.39. The maximum absolute atomic E-state index is 10.1. The van der Waals surface area contributed by atoms with Crippen LogP contribution in [-0.2, 0) is 4.79 Å². The van der Waals surface area contributed by atoms with E-state index < -0.39 is 11.7 Å². The third-order valence-corrected chi connectivity index (χ3v) is 0.991. The number of nitrogens with one attached hydrogen (secondary N) is 2. The molecule has 12 heavy (non-hydrogen) atoms. The van der Waals surface area contributed by atoms with E-state index in [0.717, 1.165) is 6.08 Å². The molecule has 0 aliphatic heterocycles. The van der Waals surface area contributed by atoms with E-state index in [4.69, 9.17) is 10.5 Å². The SMILES string of the molecule is N=C(/C=C\c1nn[nH]n1)C(=O)O. The average Bonchev–Trinajstić information content (AvgIpc) is 2.51. The van der Waals surface area contributed by atoms with Crippen molar-refractivity contribution < 1.29 is 9.90 Å². The number of rotatable bonds is 3. The summed E-state index contributed by atoms with van der Waals surface area (Å²) in [5.41, 5.74) is -0.528. The van der Waals surface area contributed by atoms with Gasteiger partial charge in [0, 0.05) is 0 Å². The number of hydrogen-bond donors (Lipinski definition) is 3. The van der Waals surface area contributed by atoms with Crippen molar-refractivity contribution in [3.05, 3.63) is 11.9 Å². The monoisotopic (exact) mass is 167 g/mol. The number of H-pyrrole nitrogens is 1. The number of aromatic nitrogens is 4. The molecule has 7 nitrogen and oxygen atoms in total. The Bertz CT molecular complexity index is 315. The molecule has 1 aromatic rings. The first-order valence-electron chi connectivity index (χ1n) is 2.93. The minimum Gasteiger partial charge on any atom is -0.477 e. The van der Waals surface area contributed by atoms with Crippen LogP contribution in [0.4, 0.5) is 0 Å². The van der Waals surface area contributed by atoms with Gasteiger partial charge < -0.3 is 5.11 Å². The van der Waals surface area contributed by atoms with Gasteiger partial charge in [-0.2, -0.15) is 5.21 Å². The van der Waals surface area contributed by atoms with Crippen LogP contribution in [0.1, 0.15) is 5.82 Å². The molecule has 0 saturated carbocycles. The van der Waals surface area contributed by atoms with Gasteiger partial charge in [-0.3, -0.25) is 5.41 Å². The molecule has 0 aromatic carbocycles. The van der Waals surface area contributed by atoms with E-state index in [-0.39, 0.29) is 5.82 Å². The molecule has 1 aromatic heterocycles. The topological polar surface area (TPSA) is 116 Å². The highest BCUT2D eigenvalue weighted by Gasteiger charge is 2.00. The number of carboxylic acid groups (broad SMARTS) is 1. The lowest BCUT2D eigenvalue weighted by Crippen LogP contribution is -2.07. The molecular weight excluding hydrogens is 162 g/mol. The fraction of sp³-hybridized carbons (Fsp3) is 0. The van der Waals surface area contributed by atoms with Crippen LogP contribution < -0.4 is 0 Å². The van der Waals surface area contributed by atoms with Crippen LogP contribution in [0, 0.1) is 5.41 Å². The van der Waals surface area contributed by atoms with E-state index >= 15 is 0 Å². The van der Waals surface area contributed by atoms with E-state index in [1.54, 1.807) is 0 Å². The number of tetrazole rings is 1. The lowest BCUT2D eigenvalue weighted by atomic mass is 10.3. The van der Waals surface area contributed by atoms with Gasteiger partial charge in [-0.15, -0.1) is 10.2 Å². The zero-order valence-electron chi connectivity index (χ0n) is 5.85. The van der Waals surface area contributed by atoms with Crippen LogP contribution in [0.15, 0.2) is 6.08 Å². The van der Waals surface area contributed by atoms with Crippen LogP contribution in [0.5, 0.6) is 0 Å². The Morgan fingerprint density at radius 2 is 2.42 bits per heavy atom. The number of aliphatic carboxylic acids is 1. The molecule has 0 amide bonds. The Labute approximate surface area is 66.6 Å². The molecule has 0 saturated heterocycles. The van der Waals surface area contributed by atoms with Crippen LogP contribution in [0.25, 0.3) is 6.08 Å². The van der Waals surface area contributed by atoms with E-state index in [0.29, 0.717) is 0 Å². The molecular formula is C5H5N5O2. The molecule has 62 valence electrons.